The molecule has 1 aromatic carbocycles. The van der Waals surface area contributed by atoms with E-state index in [9.17, 15) is 4.79 Å². The molecule has 0 unspecified atom stereocenters. The molecule has 7 nitrogen and oxygen atoms in total. The van der Waals surface area contributed by atoms with Gasteiger partial charge >= 0.3 is 6.03 Å². The van der Waals surface area contributed by atoms with Gasteiger partial charge in [-0.2, -0.15) is 0 Å². The lowest BCUT2D eigenvalue weighted by molar-refractivity contribution is 0.208. The summed E-state index contributed by atoms with van der Waals surface area (Å²) in [5, 5.41) is 3.02. The van der Waals surface area contributed by atoms with Gasteiger partial charge in [-0.25, -0.2) is 14.8 Å². The summed E-state index contributed by atoms with van der Waals surface area (Å²) in [5.41, 5.74) is 3.26. The molecule has 1 aromatic heterocycles. The minimum atomic E-state index is -0.0386. The Hall–Kier alpha value is -2.83. The third-order valence-corrected chi connectivity index (χ3v) is 5.72. The third-order valence-electron chi connectivity index (χ3n) is 5.72. The predicted molar refractivity (Wildman–Crippen MR) is 112 cm³/mol. The van der Waals surface area contributed by atoms with E-state index in [-0.39, 0.29) is 6.03 Å². The monoisotopic (exact) mass is 380 g/mol. The zero-order chi connectivity index (χ0) is 19.5. The van der Waals surface area contributed by atoms with Crippen LogP contribution in [0.2, 0.25) is 0 Å². The van der Waals surface area contributed by atoms with Crippen LogP contribution < -0.4 is 15.1 Å². The van der Waals surface area contributed by atoms with Gasteiger partial charge in [0.15, 0.2) is 0 Å². The summed E-state index contributed by atoms with van der Waals surface area (Å²) in [7, 11) is 0. The maximum Gasteiger partial charge on any atom is 0.321 e. The number of anilines is 3. The molecule has 4 rings (SSSR count). The van der Waals surface area contributed by atoms with Crippen LogP contribution in [0, 0.1) is 13.8 Å². The first-order chi connectivity index (χ1) is 13.6. The number of hydrogen-bond acceptors (Lipinski definition) is 5. The molecule has 2 amide bonds. The first-order valence-corrected chi connectivity index (χ1v) is 10.1. The van der Waals surface area contributed by atoms with Crippen LogP contribution in [-0.2, 0) is 0 Å². The van der Waals surface area contributed by atoms with Crippen molar-refractivity contribution in [3.63, 3.8) is 0 Å². The van der Waals surface area contributed by atoms with Gasteiger partial charge in [-0.15, -0.1) is 0 Å². The van der Waals surface area contributed by atoms with E-state index in [1.165, 1.54) is 24.0 Å². The van der Waals surface area contributed by atoms with E-state index >= 15 is 0 Å². The fraction of sp³-hybridized carbons (Fsp3) is 0.476. The average molecular weight is 380 g/mol. The average Bonchev–Trinajstić information content (AvgIpc) is 3.26. The molecule has 0 bridgehead atoms. The largest absolute Gasteiger partial charge is 0.356 e. The second kappa shape index (κ2) is 8.04. The molecule has 2 aromatic rings. The molecule has 1 N–H and O–H groups in total. The van der Waals surface area contributed by atoms with Gasteiger partial charge in [-0.1, -0.05) is 6.07 Å². The van der Waals surface area contributed by atoms with Crippen LogP contribution in [0.4, 0.5) is 22.1 Å². The number of nitrogens with one attached hydrogen (secondary N) is 1. The molecule has 2 saturated heterocycles. The van der Waals surface area contributed by atoms with Crippen molar-refractivity contribution in [2.24, 2.45) is 0 Å². The topological polar surface area (TPSA) is 64.6 Å². The molecule has 28 heavy (non-hydrogen) atoms. The van der Waals surface area contributed by atoms with Gasteiger partial charge in [0.05, 0.1) is 0 Å². The normalized spacial score (nSPS) is 17.1. The zero-order valence-corrected chi connectivity index (χ0v) is 16.7. The summed E-state index contributed by atoms with van der Waals surface area (Å²) in [4.78, 5) is 27.9. The van der Waals surface area contributed by atoms with Gasteiger partial charge in [0, 0.05) is 51.0 Å². The molecule has 0 radical (unpaired) electrons. The Balaban J connectivity index is 1.34. The summed E-state index contributed by atoms with van der Waals surface area (Å²) in [5.74, 6) is 1.96. The number of rotatable bonds is 3. The van der Waals surface area contributed by atoms with Gasteiger partial charge in [-0.3, -0.25) is 0 Å². The number of nitrogens with zero attached hydrogens (tertiary/aromatic N) is 5. The molecule has 0 spiro atoms. The summed E-state index contributed by atoms with van der Waals surface area (Å²) >= 11 is 0. The number of piperazine rings is 1. The number of hydrogen-bond donors (Lipinski definition) is 1. The van der Waals surface area contributed by atoms with Crippen LogP contribution >= 0.6 is 0 Å². The molecule has 7 heteroatoms. The third kappa shape index (κ3) is 4.03. The Morgan fingerprint density at radius 2 is 1.50 bits per heavy atom. The molecule has 148 valence electrons. The SMILES string of the molecule is Cc1ccc(NC(=O)N2CCN(c3cc(N4CCCC4)ncn3)CC2)cc1C. The minimum absolute atomic E-state index is 0.0386. The number of urea groups is 1. The smallest absolute Gasteiger partial charge is 0.321 e. The van der Waals surface area contributed by atoms with E-state index in [4.69, 9.17) is 0 Å². The highest BCUT2D eigenvalue weighted by Gasteiger charge is 2.23. The van der Waals surface area contributed by atoms with Crippen molar-refractivity contribution in [3.05, 3.63) is 41.7 Å². The highest BCUT2D eigenvalue weighted by atomic mass is 16.2. The van der Waals surface area contributed by atoms with Crippen molar-refractivity contribution in [2.75, 3.05) is 54.4 Å². The van der Waals surface area contributed by atoms with Crippen molar-refractivity contribution in [3.8, 4) is 0 Å². The lowest BCUT2D eigenvalue weighted by Gasteiger charge is -2.35. The van der Waals surface area contributed by atoms with Gasteiger partial charge in [0.25, 0.3) is 0 Å². The number of benzene rings is 1. The molecular weight excluding hydrogens is 352 g/mol. The van der Waals surface area contributed by atoms with Crippen LogP contribution in [0.15, 0.2) is 30.6 Å². The number of aryl methyl sites for hydroxylation is 2. The molecule has 0 aliphatic carbocycles. The van der Waals surface area contributed by atoms with Crippen LogP contribution in [0.1, 0.15) is 24.0 Å². The quantitative estimate of drug-likeness (QED) is 0.887. The first kappa shape index (κ1) is 18.5. The van der Waals surface area contributed by atoms with Crippen molar-refractivity contribution >= 4 is 23.4 Å². The van der Waals surface area contributed by atoms with Crippen LogP contribution in [0.25, 0.3) is 0 Å². The predicted octanol–water partition coefficient (Wildman–Crippen LogP) is 3.05. The summed E-state index contributed by atoms with van der Waals surface area (Å²) in [6, 6.07) is 8.05. The minimum Gasteiger partial charge on any atom is -0.356 e. The maximum atomic E-state index is 12.6. The molecular formula is C21H28N6O. The second-order valence-corrected chi connectivity index (χ2v) is 7.63. The molecule has 2 aliphatic heterocycles. The number of amides is 2. The van der Waals surface area contributed by atoms with Crippen molar-refractivity contribution < 1.29 is 4.79 Å². The van der Waals surface area contributed by atoms with Gasteiger partial charge in [0.2, 0.25) is 0 Å². The molecule has 3 heterocycles. The van der Waals surface area contributed by atoms with E-state index in [0.717, 1.165) is 43.5 Å². The first-order valence-electron chi connectivity index (χ1n) is 10.1. The fourth-order valence-corrected chi connectivity index (χ4v) is 3.79. The standard InChI is InChI=1S/C21H28N6O/c1-16-5-6-18(13-17(16)2)24-21(28)27-11-9-26(10-12-27)20-14-19(22-15-23-20)25-7-3-4-8-25/h5-6,13-15H,3-4,7-12H2,1-2H3,(H,24,28). The number of aromatic nitrogens is 2. The van der Waals surface area contributed by atoms with Crippen molar-refractivity contribution in [2.45, 2.75) is 26.7 Å². The van der Waals surface area contributed by atoms with Gasteiger partial charge in [-0.05, 0) is 49.9 Å². The Morgan fingerprint density at radius 1 is 0.857 bits per heavy atom. The lowest BCUT2D eigenvalue weighted by atomic mass is 10.1. The van der Waals surface area contributed by atoms with E-state index in [1.807, 2.05) is 23.1 Å². The van der Waals surface area contributed by atoms with E-state index in [0.29, 0.717) is 13.1 Å². The Kier molecular flexibility index (Phi) is 5.32. The van der Waals surface area contributed by atoms with Crippen LogP contribution in [0.5, 0.6) is 0 Å². The molecule has 2 fully saturated rings. The number of carbonyl (C=O) groups excluding carboxylic acids is 1. The Labute approximate surface area is 166 Å². The summed E-state index contributed by atoms with van der Waals surface area (Å²) in [6.07, 6.45) is 4.11. The van der Waals surface area contributed by atoms with Gasteiger partial charge in [0.1, 0.15) is 18.0 Å². The van der Waals surface area contributed by atoms with Crippen LogP contribution in [-0.4, -0.2) is 60.2 Å². The Morgan fingerprint density at radius 3 is 2.14 bits per heavy atom. The molecule has 0 atom stereocenters. The van der Waals surface area contributed by atoms with E-state index in [1.54, 1.807) is 6.33 Å². The van der Waals surface area contributed by atoms with Gasteiger partial charge < -0.3 is 20.0 Å². The zero-order valence-electron chi connectivity index (χ0n) is 16.7. The van der Waals surface area contributed by atoms with E-state index < -0.39 is 0 Å². The van der Waals surface area contributed by atoms with Crippen LogP contribution in [0.3, 0.4) is 0 Å². The Bertz CT molecular complexity index is 841. The second-order valence-electron chi connectivity index (χ2n) is 7.63. The molecule has 2 aliphatic rings. The van der Waals surface area contributed by atoms with E-state index in [2.05, 4.69) is 45.0 Å². The maximum absolute atomic E-state index is 12.6. The van der Waals surface area contributed by atoms with Crippen molar-refractivity contribution in [1.29, 1.82) is 0 Å². The molecule has 0 saturated carbocycles. The van der Waals surface area contributed by atoms with Crippen molar-refractivity contribution in [1.82, 2.24) is 14.9 Å². The lowest BCUT2D eigenvalue weighted by Crippen LogP contribution is -2.50. The summed E-state index contributed by atoms with van der Waals surface area (Å²) in [6.45, 7) is 9.18. The fourth-order valence-electron chi connectivity index (χ4n) is 3.79. The highest BCUT2D eigenvalue weighted by Crippen LogP contribution is 2.22. The number of carbonyl (C=O) groups is 1. The highest BCUT2D eigenvalue weighted by molar-refractivity contribution is 5.89. The summed E-state index contributed by atoms with van der Waals surface area (Å²) < 4.78 is 0.